The lowest BCUT2D eigenvalue weighted by Gasteiger charge is -2.38. The molecule has 1 saturated carbocycles. The van der Waals surface area contributed by atoms with E-state index < -0.39 is 0 Å². The average Bonchev–Trinajstić information content (AvgIpc) is 2.82. The van der Waals surface area contributed by atoms with Crippen LogP contribution in [0.15, 0.2) is 0 Å². The van der Waals surface area contributed by atoms with Crippen molar-refractivity contribution in [2.24, 2.45) is 11.3 Å². The van der Waals surface area contributed by atoms with E-state index in [0.717, 1.165) is 45.7 Å². The van der Waals surface area contributed by atoms with Crippen molar-refractivity contribution < 1.29 is 4.79 Å². The molecule has 0 aromatic rings. The standard InChI is InChI=1S/C14H25N3O/c1-14(2)9-12(14)13(18)17-7-5-16(6-8-17)11-3-4-15-10-11/h11-12,15H,3-10H2,1-2H3. The van der Waals surface area contributed by atoms with Gasteiger partial charge < -0.3 is 10.2 Å². The predicted octanol–water partition coefficient (Wildman–Crippen LogP) is 0.539. The molecule has 2 heterocycles. The molecule has 0 radical (unpaired) electrons. The quantitative estimate of drug-likeness (QED) is 0.778. The fourth-order valence-electron chi connectivity index (χ4n) is 3.37. The summed E-state index contributed by atoms with van der Waals surface area (Å²) in [6.45, 7) is 10.7. The first-order valence-corrected chi connectivity index (χ1v) is 7.31. The fourth-order valence-corrected chi connectivity index (χ4v) is 3.37. The lowest BCUT2D eigenvalue weighted by molar-refractivity contribution is -0.135. The van der Waals surface area contributed by atoms with Crippen molar-refractivity contribution >= 4 is 5.91 Å². The third kappa shape index (κ3) is 2.28. The Hall–Kier alpha value is -0.610. The highest BCUT2D eigenvalue weighted by atomic mass is 16.2. The molecule has 3 rings (SSSR count). The molecular weight excluding hydrogens is 226 g/mol. The Morgan fingerprint density at radius 1 is 1.22 bits per heavy atom. The number of carbonyl (C=O) groups excluding carboxylic acids is 1. The van der Waals surface area contributed by atoms with E-state index in [0.29, 0.717) is 17.9 Å². The van der Waals surface area contributed by atoms with E-state index in [1.807, 2.05) is 0 Å². The van der Waals surface area contributed by atoms with Gasteiger partial charge in [0.2, 0.25) is 5.91 Å². The second kappa shape index (κ2) is 4.49. The predicted molar refractivity (Wildman–Crippen MR) is 71.3 cm³/mol. The molecular formula is C14H25N3O. The number of hydrogen-bond donors (Lipinski definition) is 1. The number of piperazine rings is 1. The maximum atomic E-state index is 12.3. The average molecular weight is 251 g/mol. The van der Waals surface area contributed by atoms with Crippen molar-refractivity contribution in [1.29, 1.82) is 0 Å². The van der Waals surface area contributed by atoms with E-state index >= 15 is 0 Å². The molecule has 102 valence electrons. The van der Waals surface area contributed by atoms with Crippen LogP contribution in [0.1, 0.15) is 26.7 Å². The van der Waals surface area contributed by atoms with Crippen molar-refractivity contribution in [2.75, 3.05) is 39.3 Å². The minimum atomic E-state index is 0.267. The SMILES string of the molecule is CC1(C)CC1C(=O)N1CCN(C2CCNC2)CC1. The molecule has 0 aromatic heterocycles. The molecule has 2 saturated heterocycles. The molecule has 3 aliphatic rings. The molecule has 0 aromatic carbocycles. The summed E-state index contributed by atoms with van der Waals surface area (Å²) in [6.07, 6.45) is 2.35. The summed E-state index contributed by atoms with van der Waals surface area (Å²) in [5.74, 6) is 0.710. The summed E-state index contributed by atoms with van der Waals surface area (Å²) >= 11 is 0. The van der Waals surface area contributed by atoms with Crippen LogP contribution < -0.4 is 5.32 Å². The van der Waals surface area contributed by atoms with E-state index in [1.54, 1.807) is 0 Å². The lowest BCUT2D eigenvalue weighted by atomic mass is 10.1. The molecule has 0 bridgehead atoms. The van der Waals surface area contributed by atoms with Crippen LogP contribution in [0.2, 0.25) is 0 Å². The number of nitrogens with one attached hydrogen (secondary N) is 1. The number of carbonyl (C=O) groups is 1. The van der Waals surface area contributed by atoms with Gasteiger partial charge in [0.15, 0.2) is 0 Å². The van der Waals surface area contributed by atoms with Crippen LogP contribution in [0.25, 0.3) is 0 Å². The van der Waals surface area contributed by atoms with Gasteiger partial charge in [0.1, 0.15) is 0 Å². The zero-order valence-corrected chi connectivity index (χ0v) is 11.6. The smallest absolute Gasteiger partial charge is 0.226 e. The van der Waals surface area contributed by atoms with Gasteiger partial charge in [-0.15, -0.1) is 0 Å². The summed E-state index contributed by atoms with van der Waals surface area (Å²) in [5.41, 5.74) is 0.267. The zero-order chi connectivity index (χ0) is 12.8. The monoisotopic (exact) mass is 251 g/mol. The first-order chi connectivity index (χ1) is 8.58. The van der Waals surface area contributed by atoms with Crippen LogP contribution >= 0.6 is 0 Å². The van der Waals surface area contributed by atoms with Gasteiger partial charge in [-0.3, -0.25) is 9.69 Å². The largest absolute Gasteiger partial charge is 0.340 e. The molecule has 4 heteroatoms. The molecule has 1 N–H and O–H groups in total. The van der Waals surface area contributed by atoms with Crippen molar-refractivity contribution in [3.8, 4) is 0 Å². The first kappa shape index (κ1) is 12.4. The van der Waals surface area contributed by atoms with Crippen molar-refractivity contribution in [3.05, 3.63) is 0 Å². The van der Waals surface area contributed by atoms with E-state index in [1.165, 1.54) is 6.42 Å². The highest BCUT2D eigenvalue weighted by Crippen LogP contribution is 2.52. The Labute approximate surface area is 110 Å². The van der Waals surface area contributed by atoms with E-state index in [-0.39, 0.29) is 5.41 Å². The topological polar surface area (TPSA) is 35.6 Å². The maximum absolute atomic E-state index is 12.3. The Bertz CT molecular complexity index is 328. The van der Waals surface area contributed by atoms with Gasteiger partial charge in [0.25, 0.3) is 0 Å². The number of hydrogen-bond acceptors (Lipinski definition) is 3. The molecule has 1 amide bonds. The summed E-state index contributed by atoms with van der Waals surface area (Å²) < 4.78 is 0. The Balaban J connectivity index is 1.49. The lowest BCUT2D eigenvalue weighted by Crippen LogP contribution is -2.53. The maximum Gasteiger partial charge on any atom is 0.226 e. The molecule has 3 fully saturated rings. The molecule has 18 heavy (non-hydrogen) atoms. The first-order valence-electron chi connectivity index (χ1n) is 7.31. The van der Waals surface area contributed by atoms with Gasteiger partial charge >= 0.3 is 0 Å². The van der Waals surface area contributed by atoms with E-state index in [4.69, 9.17) is 0 Å². The fraction of sp³-hybridized carbons (Fsp3) is 0.929. The third-order valence-corrected chi connectivity index (χ3v) is 4.99. The third-order valence-electron chi connectivity index (χ3n) is 4.99. The molecule has 4 nitrogen and oxygen atoms in total. The van der Waals surface area contributed by atoms with Gasteiger partial charge in [-0.05, 0) is 24.8 Å². The Kier molecular flexibility index (Phi) is 3.10. The number of rotatable bonds is 2. The summed E-state index contributed by atoms with van der Waals surface area (Å²) in [6, 6.07) is 0.708. The van der Waals surface area contributed by atoms with Crippen LogP contribution in [-0.4, -0.2) is 61.0 Å². The van der Waals surface area contributed by atoms with Gasteiger partial charge in [0, 0.05) is 44.7 Å². The molecule has 2 atom stereocenters. The minimum absolute atomic E-state index is 0.267. The number of amides is 1. The van der Waals surface area contributed by atoms with E-state index in [9.17, 15) is 4.79 Å². The molecule has 1 aliphatic carbocycles. The number of nitrogens with zero attached hydrogens (tertiary/aromatic N) is 2. The Morgan fingerprint density at radius 3 is 2.39 bits per heavy atom. The van der Waals surface area contributed by atoms with Crippen molar-refractivity contribution in [3.63, 3.8) is 0 Å². The van der Waals surface area contributed by atoms with Gasteiger partial charge in [0.05, 0.1) is 0 Å². The van der Waals surface area contributed by atoms with Crippen molar-refractivity contribution in [1.82, 2.24) is 15.1 Å². The second-order valence-electron chi connectivity index (χ2n) is 6.75. The van der Waals surface area contributed by atoms with Crippen LogP contribution in [-0.2, 0) is 4.79 Å². The second-order valence-corrected chi connectivity index (χ2v) is 6.75. The highest BCUT2D eigenvalue weighted by Gasteiger charge is 2.52. The van der Waals surface area contributed by atoms with Crippen molar-refractivity contribution in [2.45, 2.75) is 32.7 Å². The molecule has 0 spiro atoms. The summed E-state index contributed by atoms with van der Waals surface area (Å²) in [5, 5.41) is 3.42. The van der Waals surface area contributed by atoms with Gasteiger partial charge in [-0.2, -0.15) is 0 Å². The zero-order valence-electron chi connectivity index (χ0n) is 11.6. The van der Waals surface area contributed by atoms with E-state index in [2.05, 4.69) is 29.0 Å². The van der Waals surface area contributed by atoms with Crippen LogP contribution in [0.3, 0.4) is 0 Å². The van der Waals surface area contributed by atoms with Gasteiger partial charge in [-0.1, -0.05) is 13.8 Å². The molecule has 2 unspecified atom stereocenters. The molecule has 2 aliphatic heterocycles. The van der Waals surface area contributed by atoms with Crippen LogP contribution in [0.4, 0.5) is 0 Å². The highest BCUT2D eigenvalue weighted by molar-refractivity contribution is 5.82. The summed E-state index contributed by atoms with van der Waals surface area (Å²) in [7, 11) is 0. The van der Waals surface area contributed by atoms with Crippen LogP contribution in [0, 0.1) is 11.3 Å². The summed E-state index contributed by atoms with van der Waals surface area (Å²) in [4.78, 5) is 17.0. The normalized spacial score (nSPS) is 35.8. The minimum Gasteiger partial charge on any atom is -0.340 e. The Morgan fingerprint density at radius 2 is 1.89 bits per heavy atom. The van der Waals surface area contributed by atoms with Gasteiger partial charge in [-0.25, -0.2) is 0 Å². The van der Waals surface area contributed by atoms with Crippen LogP contribution in [0.5, 0.6) is 0 Å².